The van der Waals surface area contributed by atoms with Gasteiger partial charge in [-0.05, 0) is 26.0 Å². The third-order valence-electron chi connectivity index (χ3n) is 5.37. The van der Waals surface area contributed by atoms with Gasteiger partial charge in [-0.25, -0.2) is 15.0 Å². The van der Waals surface area contributed by atoms with Crippen molar-refractivity contribution in [2.24, 2.45) is 0 Å². The van der Waals surface area contributed by atoms with E-state index < -0.39 is 0 Å². The number of piperazine rings is 1. The smallest absolute Gasteiger partial charge is 0.226 e. The first-order valence-corrected chi connectivity index (χ1v) is 11.6. The van der Waals surface area contributed by atoms with Crippen LogP contribution >= 0.6 is 11.3 Å². The number of carbonyl (C=O) groups is 1. The van der Waals surface area contributed by atoms with Crippen molar-refractivity contribution in [3.05, 3.63) is 59.4 Å². The maximum absolute atomic E-state index is 12.3. The monoisotopic (exact) mass is 436 g/mol. The van der Waals surface area contributed by atoms with Crippen LogP contribution in [0, 0.1) is 6.92 Å². The Morgan fingerprint density at radius 2 is 1.84 bits per heavy atom. The van der Waals surface area contributed by atoms with E-state index in [0.717, 1.165) is 61.4 Å². The maximum atomic E-state index is 12.3. The molecule has 1 saturated heterocycles. The Labute approximate surface area is 187 Å². The SMILES string of the molecule is Cc1ccc(-c2nc(CC(=O)NCCCN3CCN(c4ncccn4)CC3)cs2)cc1. The molecule has 0 bridgehead atoms. The van der Waals surface area contributed by atoms with Crippen LogP contribution in [0.1, 0.15) is 17.7 Å². The van der Waals surface area contributed by atoms with Crippen molar-refractivity contribution in [2.45, 2.75) is 19.8 Å². The van der Waals surface area contributed by atoms with Gasteiger partial charge < -0.3 is 10.2 Å². The standard InChI is InChI=1S/C23H28N6OS/c1-18-4-6-19(7-5-18)22-27-20(17-31-22)16-21(30)24-10-3-11-28-12-14-29(15-13-28)23-25-8-2-9-26-23/h2,4-9,17H,3,10-16H2,1H3,(H,24,30). The van der Waals surface area contributed by atoms with Crippen LogP contribution in [0.25, 0.3) is 10.6 Å². The number of amides is 1. The molecule has 2 aromatic heterocycles. The molecule has 0 saturated carbocycles. The summed E-state index contributed by atoms with van der Waals surface area (Å²) in [4.78, 5) is 30.2. The number of nitrogens with one attached hydrogen (secondary N) is 1. The van der Waals surface area contributed by atoms with Crippen molar-refractivity contribution in [3.63, 3.8) is 0 Å². The summed E-state index contributed by atoms with van der Waals surface area (Å²) in [5.74, 6) is 0.841. The predicted octanol–water partition coefficient (Wildman–Crippen LogP) is 2.78. The molecule has 3 aromatic rings. The number of rotatable bonds is 8. The number of nitrogens with zero attached hydrogens (tertiary/aromatic N) is 5. The number of aromatic nitrogens is 3. The van der Waals surface area contributed by atoms with Crippen LogP contribution < -0.4 is 10.2 Å². The van der Waals surface area contributed by atoms with E-state index in [9.17, 15) is 4.79 Å². The average Bonchev–Trinajstić information content (AvgIpc) is 3.26. The molecular weight excluding hydrogens is 408 g/mol. The molecule has 0 radical (unpaired) electrons. The lowest BCUT2D eigenvalue weighted by molar-refractivity contribution is -0.120. The van der Waals surface area contributed by atoms with E-state index in [-0.39, 0.29) is 5.91 Å². The molecule has 162 valence electrons. The van der Waals surface area contributed by atoms with Crippen molar-refractivity contribution in [1.82, 2.24) is 25.2 Å². The van der Waals surface area contributed by atoms with Gasteiger partial charge in [0, 0.05) is 56.1 Å². The molecule has 31 heavy (non-hydrogen) atoms. The second kappa shape index (κ2) is 10.5. The van der Waals surface area contributed by atoms with Crippen LogP contribution in [0.4, 0.5) is 5.95 Å². The summed E-state index contributed by atoms with van der Waals surface area (Å²) in [6.45, 7) is 7.60. The lowest BCUT2D eigenvalue weighted by Gasteiger charge is -2.34. The first kappa shape index (κ1) is 21.4. The minimum atomic E-state index is 0.0341. The molecule has 8 heteroatoms. The summed E-state index contributed by atoms with van der Waals surface area (Å²) in [5.41, 5.74) is 3.16. The van der Waals surface area contributed by atoms with Gasteiger partial charge in [0.25, 0.3) is 0 Å². The third-order valence-corrected chi connectivity index (χ3v) is 6.31. The molecule has 1 fully saturated rings. The lowest BCUT2D eigenvalue weighted by Crippen LogP contribution is -2.47. The van der Waals surface area contributed by atoms with Gasteiger partial charge in [-0.15, -0.1) is 11.3 Å². The van der Waals surface area contributed by atoms with E-state index in [1.807, 2.05) is 11.4 Å². The largest absolute Gasteiger partial charge is 0.356 e. The molecule has 0 atom stereocenters. The zero-order valence-corrected chi connectivity index (χ0v) is 18.6. The Morgan fingerprint density at radius 1 is 1.10 bits per heavy atom. The summed E-state index contributed by atoms with van der Waals surface area (Å²) < 4.78 is 0. The molecule has 3 heterocycles. The quantitative estimate of drug-likeness (QED) is 0.548. The number of thiazole rings is 1. The second-order valence-corrected chi connectivity index (χ2v) is 8.63. The number of aryl methyl sites for hydroxylation is 1. The van der Waals surface area contributed by atoms with E-state index in [0.29, 0.717) is 13.0 Å². The van der Waals surface area contributed by atoms with Gasteiger partial charge in [0.15, 0.2) is 0 Å². The Kier molecular flexibility index (Phi) is 7.22. The molecule has 1 N–H and O–H groups in total. The van der Waals surface area contributed by atoms with Gasteiger partial charge in [0.2, 0.25) is 11.9 Å². The van der Waals surface area contributed by atoms with Crippen molar-refractivity contribution in [1.29, 1.82) is 0 Å². The fraction of sp³-hybridized carbons (Fsp3) is 0.391. The number of hydrogen-bond acceptors (Lipinski definition) is 7. The lowest BCUT2D eigenvalue weighted by atomic mass is 10.2. The molecule has 1 aliphatic heterocycles. The van der Waals surface area contributed by atoms with Crippen LogP contribution in [0.5, 0.6) is 0 Å². The highest BCUT2D eigenvalue weighted by Crippen LogP contribution is 2.24. The fourth-order valence-electron chi connectivity index (χ4n) is 3.60. The first-order valence-electron chi connectivity index (χ1n) is 10.7. The number of carbonyl (C=O) groups excluding carboxylic acids is 1. The average molecular weight is 437 g/mol. The summed E-state index contributed by atoms with van der Waals surface area (Å²) >= 11 is 1.59. The predicted molar refractivity (Wildman–Crippen MR) is 124 cm³/mol. The Bertz CT molecular complexity index is 967. The molecule has 4 rings (SSSR count). The van der Waals surface area contributed by atoms with Gasteiger partial charge in [-0.2, -0.15) is 0 Å². The normalized spacial score (nSPS) is 14.5. The summed E-state index contributed by atoms with van der Waals surface area (Å²) in [7, 11) is 0. The summed E-state index contributed by atoms with van der Waals surface area (Å²) in [6, 6.07) is 10.2. The molecule has 1 aliphatic rings. The summed E-state index contributed by atoms with van der Waals surface area (Å²) in [6.07, 6.45) is 4.84. The van der Waals surface area contributed by atoms with E-state index >= 15 is 0 Å². The fourth-order valence-corrected chi connectivity index (χ4v) is 4.43. The molecule has 7 nitrogen and oxygen atoms in total. The van der Waals surface area contributed by atoms with E-state index in [1.165, 1.54) is 5.56 Å². The highest BCUT2D eigenvalue weighted by Gasteiger charge is 2.18. The van der Waals surface area contributed by atoms with Crippen LogP contribution in [-0.2, 0) is 11.2 Å². The third kappa shape index (κ3) is 6.08. The van der Waals surface area contributed by atoms with E-state index in [4.69, 9.17) is 0 Å². The van der Waals surface area contributed by atoms with Gasteiger partial charge >= 0.3 is 0 Å². The van der Waals surface area contributed by atoms with Gasteiger partial charge in [-0.3, -0.25) is 9.69 Å². The van der Waals surface area contributed by atoms with Gasteiger partial charge in [0.05, 0.1) is 12.1 Å². The van der Waals surface area contributed by atoms with Crippen molar-refractivity contribution in [2.75, 3.05) is 44.2 Å². The minimum Gasteiger partial charge on any atom is -0.356 e. The first-order chi connectivity index (χ1) is 15.2. The molecule has 1 amide bonds. The van der Waals surface area contributed by atoms with Crippen molar-refractivity contribution >= 4 is 23.2 Å². The number of hydrogen-bond donors (Lipinski definition) is 1. The zero-order valence-electron chi connectivity index (χ0n) is 17.8. The minimum absolute atomic E-state index is 0.0341. The van der Waals surface area contributed by atoms with Crippen LogP contribution in [0.3, 0.4) is 0 Å². The highest BCUT2D eigenvalue weighted by molar-refractivity contribution is 7.13. The van der Waals surface area contributed by atoms with Crippen LogP contribution in [0.2, 0.25) is 0 Å². The van der Waals surface area contributed by atoms with Gasteiger partial charge in [0.1, 0.15) is 5.01 Å². The Balaban J connectivity index is 1.13. The molecule has 0 unspecified atom stereocenters. The van der Waals surface area contributed by atoms with Gasteiger partial charge in [-0.1, -0.05) is 29.8 Å². The molecule has 0 aliphatic carbocycles. The topological polar surface area (TPSA) is 74.2 Å². The number of anilines is 1. The van der Waals surface area contributed by atoms with E-state index in [1.54, 1.807) is 23.7 Å². The highest BCUT2D eigenvalue weighted by atomic mass is 32.1. The molecular formula is C23H28N6OS. The zero-order chi connectivity index (χ0) is 21.5. The van der Waals surface area contributed by atoms with Crippen molar-refractivity contribution in [3.8, 4) is 10.6 Å². The summed E-state index contributed by atoms with van der Waals surface area (Å²) in [5, 5.41) is 5.97. The molecule has 0 spiro atoms. The van der Waals surface area contributed by atoms with Crippen LogP contribution in [-0.4, -0.2) is 65.0 Å². The Hall–Kier alpha value is -2.84. The second-order valence-electron chi connectivity index (χ2n) is 7.77. The van der Waals surface area contributed by atoms with Crippen molar-refractivity contribution < 1.29 is 4.79 Å². The number of benzene rings is 1. The Morgan fingerprint density at radius 3 is 2.58 bits per heavy atom. The van der Waals surface area contributed by atoms with Crippen LogP contribution in [0.15, 0.2) is 48.1 Å². The van der Waals surface area contributed by atoms with E-state index in [2.05, 4.69) is 61.3 Å². The maximum Gasteiger partial charge on any atom is 0.226 e. The molecule has 1 aromatic carbocycles.